The van der Waals surface area contributed by atoms with Crippen molar-refractivity contribution in [2.24, 2.45) is 0 Å². The van der Waals surface area contributed by atoms with Gasteiger partial charge in [0.05, 0.1) is 5.02 Å². The third-order valence-electron chi connectivity index (χ3n) is 2.75. The summed E-state index contributed by atoms with van der Waals surface area (Å²) in [4.78, 5) is 0. The molecule has 1 N–H and O–H groups in total. The highest BCUT2D eigenvalue weighted by molar-refractivity contribution is 9.10. The number of hydrogen-bond acceptors (Lipinski definition) is 1. The monoisotopic (exact) mass is 291 g/mol. The van der Waals surface area contributed by atoms with Gasteiger partial charge in [-0.05, 0) is 53.9 Å². The zero-order valence-corrected chi connectivity index (χ0v) is 10.5. The van der Waals surface area contributed by atoms with Crippen molar-refractivity contribution < 1.29 is 4.39 Å². The number of rotatable bonds is 2. The third-order valence-corrected chi connectivity index (χ3v) is 4.07. The zero-order valence-electron chi connectivity index (χ0n) is 8.19. The van der Waals surface area contributed by atoms with Crippen LogP contribution in [0.5, 0.6) is 0 Å². The Balaban J connectivity index is 2.22. The van der Waals surface area contributed by atoms with Crippen LogP contribution in [-0.2, 0) is 6.42 Å². The standard InChI is InChI=1S/C11H12BrClFN/c12-9-3-4-10(14)8(11(9)13)6-7-2-1-5-15-7/h3-4,7,15H,1-2,5-6H2. The highest BCUT2D eigenvalue weighted by Crippen LogP contribution is 2.30. The lowest BCUT2D eigenvalue weighted by Crippen LogP contribution is -2.24. The van der Waals surface area contributed by atoms with Crippen LogP contribution in [0.2, 0.25) is 5.02 Å². The molecule has 0 aromatic heterocycles. The summed E-state index contributed by atoms with van der Waals surface area (Å²) < 4.78 is 14.3. The second-order valence-corrected chi connectivity index (χ2v) is 5.05. The van der Waals surface area contributed by atoms with Gasteiger partial charge in [0.2, 0.25) is 0 Å². The van der Waals surface area contributed by atoms with E-state index in [0.717, 1.165) is 23.9 Å². The van der Waals surface area contributed by atoms with Crippen molar-refractivity contribution in [2.75, 3.05) is 6.54 Å². The lowest BCUT2D eigenvalue weighted by Gasteiger charge is -2.13. The molecule has 0 spiro atoms. The van der Waals surface area contributed by atoms with Crippen LogP contribution in [0.3, 0.4) is 0 Å². The minimum absolute atomic E-state index is 0.211. The lowest BCUT2D eigenvalue weighted by molar-refractivity contribution is 0.560. The quantitative estimate of drug-likeness (QED) is 0.822. The van der Waals surface area contributed by atoms with Crippen LogP contribution in [0.1, 0.15) is 18.4 Å². The van der Waals surface area contributed by atoms with Crippen molar-refractivity contribution in [1.82, 2.24) is 5.32 Å². The number of hydrogen-bond donors (Lipinski definition) is 1. The van der Waals surface area contributed by atoms with Crippen LogP contribution in [0, 0.1) is 5.82 Å². The Labute approximate surface area is 102 Å². The van der Waals surface area contributed by atoms with E-state index in [1.54, 1.807) is 6.07 Å². The van der Waals surface area contributed by atoms with Gasteiger partial charge in [-0.1, -0.05) is 11.6 Å². The van der Waals surface area contributed by atoms with Gasteiger partial charge in [0.15, 0.2) is 0 Å². The molecule has 1 aliphatic rings. The minimum atomic E-state index is -0.211. The van der Waals surface area contributed by atoms with Gasteiger partial charge in [0.25, 0.3) is 0 Å². The Kier molecular flexibility index (Phi) is 3.65. The van der Waals surface area contributed by atoms with E-state index in [1.165, 1.54) is 6.07 Å². The normalized spacial score (nSPS) is 20.9. The largest absolute Gasteiger partial charge is 0.314 e. The molecule has 1 fully saturated rings. The van der Waals surface area contributed by atoms with E-state index >= 15 is 0 Å². The Morgan fingerprint density at radius 2 is 2.33 bits per heavy atom. The molecule has 82 valence electrons. The summed E-state index contributed by atoms with van der Waals surface area (Å²) in [6.45, 7) is 1.03. The Bertz CT molecular complexity index is 364. The molecule has 1 saturated heterocycles. The van der Waals surface area contributed by atoms with Gasteiger partial charge in [-0.25, -0.2) is 4.39 Å². The lowest BCUT2D eigenvalue weighted by atomic mass is 10.0. The van der Waals surface area contributed by atoms with Crippen LogP contribution in [0.15, 0.2) is 16.6 Å². The second kappa shape index (κ2) is 4.81. The van der Waals surface area contributed by atoms with Crippen molar-refractivity contribution in [3.05, 3.63) is 33.0 Å². The van der Waals surface area contributed by atoms with E-state index in [9.17, 15) is 4.39 Å². The number of halogens is 3. The average molecular weight is 293 g/mol. The molecule has 1 atom stereocenters. The smallest absolute Gasteiger partial charge is 0.128 e. The second-order valence-electron chi connectivity index (χ2n) is 3.82. The first-order chi connectivity index (χ1) is 7.18. The molecular weight excluding hydrogens is 280 g/mol. The summed E-state index contributed by atoms with van der Waals surface area (Å²) in [5, 5.41) is 3.84. The molecule has 0 aliphatic carbocycles. The number of nitrogens with one attached hydrogen (secondary N) is 1. The van der Waals surface area contributed by atoms with Crippen LogP contribution in [-0.4, -0.2) is 12.6 Å². The first kappa shape index (κ1) is 11.4. The topological polar surface area (TPSA) is 12.0 Å². The summed E-state index contributed by atoms with van der Waals surface area (Å²) in [7, 11) is 0. The van der Waals surface area contributed by atoms with Gasteiger partial charge in [0, 0.05) is 16.1 Å². The third kappa shape index (κ3) is 2.52. The van der Waals surface area contributed by atoms with E-state index in [1.807, 2.05) is 0 Å². The molecule has 4 heteroatoms. The molecule has 0 saturated carbocycles. The Morgan fingerprint density at radius 1 is 1.53 bits per heavy atom. The maximum absolute atomic E-state index is 13.6. The minimum Gasteiger partial charge on any atom is -0.314 e. The first-order valence-corrected chi connectivity index (χ1v) is 6.21. The molecule has 1 unspecified atom stereocenters. The van der Waals surface area contributed by atoms with E-state index < -0.39 is 0 Å². The summed E-state index contributed by atoms with van der Waals surface area (Å²) in [6.07, 6.45) is 2.93. The molecule has 1 aromatic rings. The van der Waals surface area contributed by atoms with Gasteiger partial charge < -0.3 is 5.32 Å². The summed E-state index contributed by atoms with van der Waals surface area (Å²) in [5.74, 6) is -0.211. The molecule has 1 heterocycles. The van der Waals surface area contributed by atoms with Gasteiger partial charge in [-0.2, -0.15) is 0 Å². The maximum atomic E-state index is 13.6. The van der Waals surface area contributed by atoms with Gasteiger partial charge in [0.1, 0.15) is 5.82 Å². The van der Waals surface area contributed by atoms with Crippen LogP contribution < -0.4 is 5.32 Å². The molecular formula is C11H12BrClFN. The molecule has 0 bridgehead atoms. The van der Waals surface area contributed by atoms with E-state index in [-0.39, 0.29) is 5.82 Å². The first-order valence-electron chi connectivity index (χ1n) is 5.04. The highest BCUT2D eigenvalue weighted by atomic mass is 79.9. The average Bonchev–Trinajstić information content (AvgIpc) is 2.71. The van der Waals surface area contributed by atoms with Crippen LogP contribution in [0.25, 0.3) is 0 Å². The molecule has 0 radical (unpaired) electrons. The SMILES string of the molecule is Fc1ccc(Br)c(Cl)c1CC1CCCN1. The van der Waals surface area contributed by atoms with E-state index in [4.69, 9.17) is 11.6 Å². The van der Waals surface area contributed by atoms with Crippen LogP contribution in [0.4, 0.5) is 4.39 Å². The molecule has 15 heavy (non-hydrogen) atoms. The fourth-order valence-electron chi connectivity index (χ4n) is 1.93. The summed E-state index contributed by atoms with van der Waals surface area (Å²) in [6, 6.07) is 3.47. The van der Waals surface area contributed by atoms with E-state index in [0.29, 0.717) is 23.0 Å². The van der Waals surface area contributed by atoms with Crippen molar-refractivity contribution in [2.45, 2.75) is 25.3 Å². The predicted molar refractivity (Wildman–Crippen MR) is 63.8 cm³/mol. The fourth-order valence-corrected chi connectivity index (χ4v) is 2.54. The molecule has 1 aromatic carbocycles. The van der Waals surface area contributed by atoms with Crippen LogP contribution >= 0.6 is 27.5 Å². The summed E-state index contributed by atoms with van der Waals surface area (Å²) in [5.41, 5.74) is 0.616. The molecule has 0 amide bonds. The Hall–Kier alpha value is -0.120. The van der Waals surface area contributed by atoms with Crippen molar-refractivity contribution in [3.63, 3.8) is 0 Å². The van der Waals surface area contributed by atoms with Gasteiger partial charge >= 0.3 is 0 Å². The fraction of sp³-hybridized carbons (Fsp3) is 0.455. The highest BCUT2D eigenvalue weighted by Gasteiger charge is 2.19. The van der Waals surface area contributed by atoms with E-state index in [2.05, 4.69) is 21.2 Å². The molecule has 1 nitrogen and oxygen atoms in total. The van der Waals surface area contributed by atoms with Crippen molar-refractivity contribution >= 4 is 27.5 Å². The molecule has 2 rings (SSSR count). The van der Waals surface area contributed by atoms with Crippen molar-refractivity contribution in [3.8, 4) is 0 Å². The predicted octanol–water partition coefficient (Wildman–Crippen LogP) is 3.54. The van der Waals surface area contributed by atoms with Gasteiger partial charge in [-0.3, -0.25) is 0 Å². The van der Waals surface area contributed by atoms with Crippen molar-refractivity contribution in [1.29, 1.82) is 0 Å². The van der Waals surface area contributed by atoms with Gasteiger partial charge in [-0.15, -0.1) is 0 Å². The molecule has 1 aliphatic heterocycles. The summed E-state index contributed by atoms with van der Waals surface area (Å²) >= 11 is 9.37. The number of benzene rings is 1. The Morgan fingerprint density at radius 3 is 3.00 bits per heavy atom. The maximum Gasteiger partial charge on any atom is 0.128 e. The zero-order chi connectivity index (χ0) is 10.8.